The minimum atomic E-state index is -3.90. The zero-order valence-corrected chi connectivity index (χ0v) is 11.8. The zero-order valence-electron chi connectivity index (χ0n) is 10.2. The Morgan fingerprint density at radius 2 is 2.21 bits per heavy atom. The highest BCUT2D eigenvalue weighted by Crippen LogP contribution is 2.27. The number of hydrogen-bond acceptors (Lipinski definition) is 3. The molecule has 1 aromatic carbocycles. The van der Waals surface area contributed by atoms with Crippen molar-refractivity contribution in [1.82, 2.24) is 4.31 Å². The maximum Gasteiger partial charge on any atom is 0.246 e. The molecule has 1 N–H and O–H groups in total. The highest BCUT2D eigenvalue weighted by atomic mass is 35.5. The Morgan fingerprint density at radius 3 is 2.89 bits per heavy atom. The third kappa shape index (κ3) is 2.91. The van der Waals surface area contributed by atoms with Crippen LogP contribution in [0.1, 0.15) is 12.8 Å². The number of rotatable bonds is 3. The molecule has 1 aliphatic heterocycles. The van der Waals surface area contributed by atoms with Gasteiger partial charge in [0.2, 0.25) is 10.0 Å². The van der Waals surface area contributed by atoms with Gasteiger partial charge < -0.3 is 5.11 Å². The minimum absolute atomic E-state index is 0.0654. The van der Waals surface area contributed by atoms with Crippen LogP contribution in [0.2, 0.25) is 5.02 Å². The topological polar surface area (TPSA) is 57.6 Å². The molecule has 0 amide bonds. The summed E-state index contributed by atoms with van der Waals surface area (Å²) in [7, 11) is -3.90. The van der Waals surface area contributed by atoms with Gasteiger partial charge in [0.25, 0.3) is 0 Å². The fourth-order valence-electron chi connectivity index (χ4n) is 2.22. The van der Waals surface area contributed by atoms with E-state index in [0.29, 0.717) is 13.0 Å². The molecule has 19 heavy (non-hydrogen) atoms. The van der Waals surface area contributed by atoms with Crippen LogP contribution in [0.5, 0.6) is 0 Å². The normalized spacial score (nSPS) is 21.5. The maximum absolute atomic E-state index is 13.8. The van der Waals surface area contributed by atoms with Crippen molar-refractivity contribution in [2.45, 2.75) is 17.7 Å². The summed E-state index contributed by atoms with van der Waals surface area (Å²) in [6.45, 7) is 0.486. The van der Waals surface area contributed by atoms with Crippen LogP contribution in [-0.4, -0.2) is 37.5 Å². The van der Waals surface area contributed by atoms with Crippen molar-refractivity contribution in [2.24, 2.45) is 5.92 Å². The quantitative estimate of drug-likeness (QED) is 0.927. The number of nitrogens with zero attached hydrogens (tertiary/aromatic N) is 1. The summed E-state index contributed by atoms with van der Waals surface area (Å²) in [6.07, 6.45) is 1.44. The van der Waals surface area contributed by atoms with Gasteiger partial charge in [-0.15, -0.1) is 0 Å². The van der Waals surface area contributed by atoms with Crippen molar-refractivity contribution in [3.8, 4) is 0 Å². The van der Waals surface area contributed by atoms with E-state index < -0.39 is 20.7 Å². The molecule has 0 bridgehead atoms. The van der Waals surface area contributed by atoms with Gasteiger partial charge in [-0.25, -0.2) is 12.8 Å². The van der Waals surface area contributed by atoms with Crippen LogP contribution in [0.15, 0.2) is 23.1 Å². The smallest absolute Gasteiger partial charge is 0.246 e. The Morgan fingerprint density at radius 1 is 1.47 bits per heavy atom. The molecule has 4 nitrogen and oxygen atoms in total. The van der Waals surface area contributed by atoms with Gasteiger partial charge in [0.15, 0.2) is 5.82 Å². The fourth-order valence-corrected chi connectivity index (χ4v) is 4.09. The van der Waals surface area contributed by atoms with E-state index in [9.17, 15) is 12.8 Å². The summed E-state index contributed by atoms with van der Waals surface area (Å²) < 4.78 is 39.8. The number of aliphatic hydroxyl groups excluding tert-OH is 1. The third-order valence-electron chi connectivity index (χ3n) is 3.27. The molecule has 7 heteroatoms. The summed E-state index contributed by atoms with van der Waals surface area (Å²) in [5, 5.41) is 8.92. The van der Waals surface area contributed by atoms with Crippen molar-refractivity contribution >= 4 is 21.6 Å². The Kier molecular flexibility index (Phi) is 4.45. The molecule has 106 valence electrons. The van der Waals surface area contributed by atoms with Crippen LogP contribution in [-0.2, 0) is 10.0 Å². The summed E-state index contributed by atoms with van der Waals surface area (Å²) >= 11 is 5.62. The van der Waals surface area contributed by atoms with Crippen LogP contribution in [0.25, 0.3) is 0 Å². The molecule has 0 saturated carbocycles. The predicted molar refractivity (Wildman–Crippen MR) is 70.0 cm³/mol. The van der Waals surface area contributed by atoms with Crippen LogP contribution in [0.4, 0.5) is 4.39 Å². The summed E-state index contributed by atoms with van der Waals surface area (Å²) in [5.41, 5.74) is 0. The number of hydrogen-bond donors (Lipinski definition) is 1. The second-order valence-electron chi connectivity index (χ2n) is 4.61. The van der Waals surface area contributed by atoms with Gasteiger partial charge in [0.05, 0.1) is 5.02 Å². The highest BCUT2D eigenvalue weighted by Gasteiger charge is 2.32. The van der Waals surface area contributed by atoms with E-state index in [2.05, 4.69) is 0 Å². The van der Waals surface area contributed by atoms with E-state index in [1.807, 2.05) is 0 Å². The van der Waals surface area contributed by atoms with Crippen LogP contribution < -0.4 is 0 Å². The molecule has 1 fully saturated rings. The number of benzene rings is 1. The molecular weight excluding hydrogens is 293 g/mol. The average molecular weight is 308 g/mol. The van der Waals surface area contributed by atoms with Crippen molar-refractivity contribution < 1.29 is 17.9 Å². The van der Waals surface area contributed by atoms with Gasteiger partial charge in [0.1, 0.15) is 4.90 Å². The summed E-state index contributed by atoms with van der Waals surface area (Å²) in [5.74, 6) is -1.01. The lowest BCUT2D eigenvalue weighted by Gasteiger charge is -2.31. The van der Waals surface area contributed by atoms with Crippen molar-refractivity contribution in [1.29, 1.82) is 0 Å². The van der Waals surface area contributed by atoms with E-state index in [1.165, 1.54) is 22.5 Å². The van der Waals surface area contributed by atoms with Gasteiger partial charge >= 0.3 is 0 Å². The number of halogens is 2. The summed E-state index contributed by atoms with van der Waals surface area (Å²) in [6, 6.07) is 3.92. The second kappa shape index (κ2) is 5.75. The van der Waals surface area contributed by atoms with Crippen molar-refractivity contribution in [3.05, 3.63) is 29.0 Å². The maximum atomic E-state index is 13.8. The molecule has 1 heterocycles. The van der Waals surface area contributed by atoms with E-state index in [0.717, 1.165) is 6.42 Å². The van der Waals surface area contributed by atoms with Gasteiger partial charge in [-0.1, -0.05) is 17.7 Å². The molecule has 2 rings (SSSR count). The Bertz CT molecular complexity index is 564. The molecule has 0 aromatic heterocycles. The van der Waals surface area contributed by atoms with E-state index in [-0.39, 0.29) is 24.1 Å². The van der Waals surface area contributed by atoms with Crippen LogP contribution in [0.3, 0.4) is 0 Å². The fraction of sp³-hybridized carbons (Fsp3) is 0.500. The molecular formula is C12H15ClFNO3S. The van der Waals surface area contributed by atoms with Crippen molar-refractivity contribution in [2.75, 3.05) is 19.7 Å². The first-order valence-electron chi connectivity index (χ1n) is 6.02. The van der Waals surface area contributed by atoms with Crippen molar-refractivity contribution in [3.63, 3.8) is 0 Å². The number of aliphatic hydroxyl groups is 1. The molecule has 1 saturated heterocycles. The zero-order chi connectivity index (χ0) is 14.0. The summed E-state index contributed by atoms with van der Waals surface area (Å²) in [4.78, 5) is -0.404. The van der Waals surface area contributed by atoms with Gasteiger partial charge in [0, 0.05) is 19.7 Å². The first-order valence-corrected chi connectivity index (χ1v) is 7.83. The predicted octanol–water partition coefficient (Wildman–Crippen LogP) is 1.87. The minimum Gasteiger partial charge on any atom is -0.396 e. The lowest BCUT2D eigenvalue weighted by atomic mass is 10.0. The second-order valence-corrected chi connectivity index (χ2v) is 6.92. The van der Waals surface area contributed by atoms with Gasteiger partial charge in [-0.05, 0) is 30.9 Å². The Balaban J connectivity index is 2.34. The highest BCUT2D eigenvalue weighted by molar-refractivity contribution is 7.89. The molecule has 0 spiro atoms. The van der Waals surface area contributed by atoms with Crippen LogP contribution in [0, 0.1) is 11.7 Å². The number of sulfonamides is 1. The molecule has 1 aromatic rings. The van der Waals surface area contributed by atoms with E-state index >= 15 is 0 Å². The lowest BCUT2D eigenvalue weighted by molar-refractivity contribution is 0.165. The molecule has 1 aliphatic rings. The van der Waals surface area contributed by atoms with E-state index in [4.69, 9.17) is 16.7 Å². The average Bonchev–Trinajstić information content (AvgIpc) is 2.41. The SMILES string of the molecule is O=S(=O)(c1cccc(Cl)c1F)N1CCCC(CO)C1. The molecule has 0 aliphatic carbocycles. The molecule has 0 radical (unpaired) electrons. The third-order valence-corrected chi connectivity index (χ3v) is 5.45. The first kappa shape index (κ1) is 14.7. The Hall–Kier alpha value is -0.690. The van der Waals surface area contributed by atoms with Gasteiger partial charge in [-0.2, -0.15) is 4.31 Å². The van der Waals surface area contributed by atoms with E-state index in [1.54, 1.807) is 0 Å². The van der Waals surface area contributed by atoms with Crippen LogP contribution >= 0.6 is 11.6 Å². The Labute approximate surface area is 116 Å². The molecule has 1 atom stereocenters. The molecule has 1 unspecified atom stereocenters. The number of piperidine rings is 1. The van der Waals surface area contributed by atoms with Gasteiger partial charge in [-0.3, -0.25) is 0 Å². The monoisotopic (exact) mass is 307 g/mol. The largest absolute Gasteiger partial charge is 0.396 e. The first-order chi connectivity index (χ1) is 8.96. The standard InChI is InChI=1S/C12H15ClFNO3S/c13-10-4-1-5-11(12(10)14)19(17,18)15-6-2-3-9(7-15)8-16/h1,4-5,9,16H,2-3,6-8H2. The lowest BCUT2D eigenvalue weighted by Crippen LogP contribution is -2.41.